The number of halogens is 1. The largest absolute Gasteiger partial charge is 0.389 e. The molecule has 2 unspecified atom stereocenters. The average Bonchev–Trinajstić information content (AvgIpc) is 2.36. The number of hydrogen-bond acceptors (Lipinski definition) is 2. The predicted molar refractivity (Wildman–Crippen MR) is 89.6 cm³/mol. The zero-order chi connectivity index (χ0) is 13.8. The molecule has 3 N–H and O–H groups in total. The lowest BCUT2D eigenvalue weighted by Crippen LogP contribution is -2.21. The third-order valence-electron chi connectivity index (χ3n) is 3.87. The van der Waals surface area contributed by atoms with Gasteiger partial charge in [-0.15, -0.1) is 0 Å². The molecule has 2 atom stereocenters. The van der Waals surface area contributed by atoms with Crippen molar-refractivity contribution >= 4 is 38.8 Å². The molecule has 4 heteroatoms. The molecule has 0 radical (unpaired) electrons. The molecule has 1 saturated carbocycles. The number of nitrogens with one attached hydrogen (secondary N) is 1. The lowest BCUT2D eigenvalue weighted by atomic mass is 9.82. The molecule has 104 valence electrons. The second-order valence-corrected chi connectivity index (χ2v) is 6.87. The van der Waals surface area contributed by atoms with Crippen molar-refractivity contribution in [2.45, 2.75) is 32.6 Å². The molecule has 0 saturated heterocycles. The molecule has 0 aromatic heterocycles. The first-order valence-electron chi connectivity index (χ1n) is 6.89. The van der Waals surface area contributed by atoms with Gasteiger partial charge in [0.2, 0.25) is 0 Å². The molecule has 1 aromatic carbocycles. The van der Waals surface area contributed by atoms with Gasteiger partial charge in [0.25, 0.3) is 0 Å². The highest BCUT2D eigenvalue weighted by atomic mass is 79.9. The normalized spacial score (nSPS) is 23.1. The van der Waals surface area contributed by atoms with Crippen molar-refractivity contribution in [2.75, 3.05) is 11.9 Å². The highest BCUT2D eigenvalue weighted by Crippen LogP contribution is 2.29. The zero-order valence-corrected chi connectivity index (χ0v) is 13.7. The topological polar surface area (TPSA) is 38.0 Å². The minimum Gasteiger partial charge on any atom is -0.389 e. The van der Waals surface area contributed by atoms with E-state index in [0.717, 1.165) is 34.1 Å². The Balaban J connectivity index is 1.92. The van der Waals surface area contributed by atoms with Gasteiger partial charge in [-0.05, 0) is 58.8 Å². The monoisotopic (exact) mass is 340 g/mol. The Bertz CT molecular complexity index is 461. The summed E-state index contributed by atoms with van der Waals surface area (Å²) >= 11 is 8.52. The standard InChI is InChI=1S/C15H21BrN2S/c1-10-3-2-4-11(7-10)9-18-12-5-6-13(15(17)19)14(16)8-12/h5-6,8,10-11,18H,2-4,7,9H2,1H3,(H2,17,19). The van der Waals surface area contributed by atoms with Crippen molar-refractivity contribution in [3.05, 3.63) is 28.2 Å². The van der Waals surface area contributed by atoms with Crippen LogP contribution < -0.4 is 11.1 Å². The van der Waals surface area contributed by atoms with Gasteiger partial charge in [0.05, 0.1) is 0 Å². The third kappa shape index (κ3) is 4.18. The maximum atomic E-state index is 5.65. The van der Waals surface area contributed by atoms with Crippen molar-refractivity contribution in [3.8, 4) is 0 Å². The van der Waals surface area contributed by atoms with Gasteiger partial charge in [0.15, 0.2) is 0 Å². The summed E-state index contributed by atoms with van der Waals surface area (Å²) in [7, 11) is 0. The van der Waals surface area contributed by atoms with E-state index in [1.54, 1.807) is 0 Å². The second kappa shape index (κ2) is 6.71. The summed E-state index contributed by atoms with van der Waals surface area (Å²) in [5.74, 6) is 1.68. The van der Waals surface area contributed by atoms with Crippen molar-refractivity contribution in [3.63, 3.8) is 0 Å². The van der Waals surface area contributed by atoms with Crippen LogP contribution in [-0.2, 0) is 0 Å². The minimum absolute atomic E-state index is 0.430. The number of hydrogen-bond donors (Lipinski definition) is 2. The Morgan fingerprint density at radius 2 is 2.26 bits per heavy atom. The van der Waals surface area contributed by atoms with E-state index in [1.165, 1.54) is 25.7 Å². The summed E-state index contributed by atoms with van der Waals surface area (Å²) < 4.78 is 0.960. The quantitative estimate of drug-likeness (QED) is 0.801. The van der Waals surface area contributed by atoms with Crippen molar-refractivity contribution in [1.82, 2.24) is 0 Å². The number of anilines is 1. The van der Waals surface area contributed by atoms with Gasteiger partial charge >= 0.3 is 0 Å². The van der Waals surface area contributed by atoms with Crippen molar-refractivity contribution < 1.29 is 0 Å². The van der Waals surface area contributed by atoms with E-state index in [0.29, 0.717) is 4.99 Å². The van der Waals surface area contributed by atoms with Crippen LogP contribution in [0.2, 0.25) is 0 Å². The van der Waals surface area contributed by atoms with E-state index in [1.807, 2.05) is 12.1 Å². The lowest BCUT2D eigenvalue weighted by Gasteiger charge is -2.27. The van der Waals surface area contributed by atoms with Gasteiger partial charge in [-0.3, -0.25) is 0 Å². The van der Waals surface area contributed by atoms with Crippen LogP contribution in [0, 0.1) is 11.8 Å². The summed E-state index contributed by atoms with van der Waals surface area (Å²) in [5, 5.41) is 3.53. The second-order valence-electron chi connectivity index (χ2n) is 5.58. The van der Waals surface area contributed by atoms with E-state index < -0.39 is 0 Å². The molecule has 0 aliphatic heterocycles. The van der Waals surface area contributed by atoms with Crippen LogP contribution in [0.1, 0.15) is 38.2 Å². The van der Waals surface area contributed by atoms with E-state index in [9.17, 15) is 0 Å². The van der Waals surface area contributed by atoms with E-state index in [-0.39, 0.29) is 0 Å². The minimum atomic E-state index is 0.430. The van der Waals surface area contributed by atoms with Gasteiger partial charge in [0.1, 0.15) is 4.99 Å². The number of nitrogens with two attached hydrogens (primary N) is 1. The molecular weight excluding hydrogens is 320 g/mol. The first-order chi connectivity index (χ1) is 9.06. The highest BCUT2D eigenvalue weighted by Gasteiger charge is 2.18. The van der Waals surface area contributed by atoms with Crippen LogP contribution in [0.4, 0.5) is 5.69 Å². The molecule has 0 spiro atoms. The lowest BCUT2D eigenvalue weighted by molar-refractivity contribution is 0.293. The van der Waals surface area contributed by atoms with Gasteiger partial charge in [-0.1, -0.05) is 32.0 Å². The summed E-state index contributed by atoms with van der Waals surface area (Å²) in [6.07, 6.45) is 5.46. The third-order valence-corrected chi connectivity index (χ3v) is 4.75. The Kier molecular flexibility index (Phi) is 5.22. The maximum absolute atomic E-state index is 5.65. The molecule has 1 fully saturated rings. The van der Waals surface area contributed by atoms with Crippen LogP contribution >= 0.6 is 28.1 Å². The maximum Gasteiger partial charge on any atom is 0.105 e. The number of benzene rings is 1. The highest BCUT2D eigenvalue weighted by molar-refractivity contribution is 9.10. The van der Waals surface area contributed by atoms with Crippen LogP contribution in [0.3, 0.4) is 0 Å². The van der Waals surface area contributed by atoms with Gasteiger partial charge in [0, 0.05) is 22.3 Å². The zero-order valence-electron chi connectivity index (χ0n) is 11.3. The Labute approximate surface area is 129 Å². The molecule has 1 aliphatic carbocycles. The Hall–Kier alpha value is -0.610. The Morgan fingerprint density at radius 1 is 1.47 bits per heavy atom. The first-order valence-corrected chi connectivity index (χ1v) is 8.09. The summed E-state index contributed by atoms with van der Waals surface area (Å²) in [6, 6.07) is 6.07. The average molecular weight is 341 g/mol. The summed E-state index contributed by atoms with van der Waals surface area (Å²) in [4.78, 5) is 0.430. The summed E-state index contributed by atoms with van der Waals surface area (Å²) in [5.41, 5.74) is 7.68. The number of rotatable bonds is 4. The van der Waals surface area contributed by atoms with Gasteiger partial charge < -0.3 is 11.1 Å². The van der Waals surface area contributed by atoms with Crippen LogP contribution in [0.25, 0.3) is 0 Å². The first kappa shape index (κ1) is 14.8. The molecule has 0 heterocycles. The molecule has 2 rings (SSSR count). The van der Waals surface area contributed by atoms with Crippen LogP contribution in [0.5, 0.6) is 0 Å². The fraction of sp³-hybridized carbons (Fsp3) is 0.533. The predicted octanol–water partition coefficient (Wildman–Crippen LogP) is 4.32. The van der Waals surface area contributed by atoms with Gasteiger partial charge in [-0.25, -0.2) is 0 Å². The van der Waals surface area contributed by atoms with Gasteiger partial charge in [-0.2, -0.15) is 0 Å². The molecule has 1 aliphatic rings. The molecular formula is C15H21BrN2S. The fourth-order valence-corrected chi connectivity index (χ4v) is 3.73. The SMILES string of the molecule is CC1CCCC(CNc2ccc(C(N)=S)c(Br)c2)C1. The van der Waals surface area contributed by atoms with Crippen LogP contribution in [-0.4, -0.2) is 11.5 Å². The molecule has 0 bridgehead atoms. The van der Waals surface area contributed by atoms with E-state index in [4.69, 9.17) is 18.0 Å². The van der Waals surface area contributed by atoms with E-state index in [2.05, 4.69) is 34.2 Å². The molecule has 0 amide bonds. The smallest absolute Gasteiger partial charge is 0.105 e. The van der Waals surface area contributed by atoms with Crippen LogP contribution in [0.15, 0.2) is 22.7 Å². The number of thiocarbonyl (C=S) groups is 1. The summed E-state index contributed by atoms with van der Waals surface area (Å²) in [6.45, 7) is 3.42. The van der Waals surface area contributed by atoms with E-state index >= 15 is 0 Å². The molecule has 2 nitrogen and oxygen atoms in total. The molecule has 19 heavy (non-hydrogen) atoms. The van der Waals surface area contributed by atoms with Crippen molar-refractivity contribution in [2.24, 2.45) is 17.6 Å². The Morgan fingerprint density at radius 3 is 2.89 bits per heavy atom. The molecule has 1 aromatic rings. The fourth-order valence-electron chi connectivity index (χ4n) is 2.83. The van der Waals surface area contributed by atoms with Crippen molar-refractivity contribution in [1.29, 1.82) is 0 Å².